The molecule has 0 radical (unpaired) electrons. The number of phenols is 1. The molecule has 2 N–H and O–H groups in total. The number of halogens is 2. The van der Waals surface area contributed by atoms with Gasteiger partial charge in [0.05, 0.1) is 16.7 Å². The molecule has 0 spiro atoms. The highest BCUT2D eigenvalue weighted by Gasteiger charge is 2.18. The Morgan fingerprint density at radius 2 is 2.15 bits per heavy atom. The highest BCUT2D eigenvalue weighted by molar-refractivity contribution is 7.71. The lowest BCUT2D eigenvalue weighted by molar-refractivity contribution is -0.385. The van der Waals surface area contributed by atoms with Crippen LogP contribution in [-0.2, 0) is 0 Å². The Morgan fingerprint density at radius 1 is 1.42 bits per heavy atom. The molecule has 11 heteroatoms. The van der Waals surface area contributed by atoms with E-state index in [1.807, 2.05) is 0 Å². The number of benzene rings is 2. The van der Waals surface area contributed by atoms with Crippen molar-refractivity contribution >= 4 is 35.7 Å². The number of nitrogens with one attached hydrogen (secondary N) is 1. The Hall–Kier alpha value is -3.11. The molecule has 3 aromatic rings. The molecule has 3 rings (SSSR count). The lowest BCUT2D eigenvalue weighted by Crippen LogP contribution is -1.98. The number of aromatic amines is 1. The fourth-order valence-corrected chi connectivity index (χ4v) is 2.58. The van der Waals surface area contributed by atoms with Crippen molar-refractivity contribution in [3.05, 3.63) is 67.7 Å². The van der Waals surface area contributed by atoms with E-state index in [0.29, 0.717) is 0 Å². The number of phenolic OH excluding ortho intramolecular Hbond substituents is 1. The molecule has 0 fully saturated rings. The number of aromatic hydroxyl groups is 1. The third-order valence-corrected chi connectivity index (χ3v) is 3.84. The van der Waals surface area contributed by atoms with Gasteiger partial charge in [0.1, 0.15) is 5.82 Å². The summed E-state index contributed by atoms with van der Waals surface area (Å²) in [6.07, 6.45) is 1.11. The van der Waals surface area contributed by atoms with Crippen molar-refractivity contribution in [2.75, 3.05) is 0 Å². The summed E-state index contributed by atoms with van der Waals surface area (Å²) >= 11 is 10.9. The van der Waals surface area contributed by atoms with E-state index in [1.54, 1.807) is 6.07 Å². The third-order valence-electron chi connectivity index (χ3n) is 3.36. The van der Waals surface area contributed by atoms with E-state index in [2.05, 4.69) is 15.3 Å². The first-order valence-corrected chi connectivity index (χ1v) is 7.80. The standard InChI is InChI=1S/C15H9ClFN5O3S/c16-9-5-8(13(23)12(6-9)22(24)25)7-18-21-14(19-20-15(21)26)10-3-1-2-4-11(10)17/h1-7,23H,(H,20,26)/b18-7+. The van der Waals surface area contributed by atoms with Crippen molar-refractivity contribution in [2.45, 2.75) is 0 Å². The molecule has 0 atom stereocenters. The van der Waals surface area contributed by atoms with Crippen LogP contribution in [0.4, 0.5) is 10.1 Å². The SMILES string of the molecule is O=[N+]([O-])c1cc(Cl)cc(/C=N/n2c(-c3ccccc3F)n[nH]c2=S)c1O. The van der Waals surface area contributed by atoms with Crippen LogP contribution < -0.4 is 0 Å². The molecule has 132 valence electrons. The highest BCUT2D eigenvalue weighted by atomic mass is 35.5. The van der Waals surface area contributed by atoms with Crippen LogP contribution in [0.3, 0.4) is 0 Å². The zero-order valence-electron chi connectivity index (χ0n) is 12.8. The first-order valence-electron chi connectivity index (χ1n) is 7.02. The van der Waals surface area contributed by atoms with Gasteiger partial charge in [-0.3, -0.25) is 10.1 Å². The molecule has 0 unspecified atom stereocenters. The van der Waals surface area contributed by atoms with Crippen molar-refractivity contribution in [3.8, 4) is 17.1 Å². The minimum atomic E-state index is -0.771. The number of nitro benzene ring substituents is 1. The van der Waals surface area contributed by atoms with Gasteiger partial charge in [-0.1, -0.05) is 23.7 Å². The van der Waals surface area contributed by atoms with E-state index >= 15 is 0 Å². The number of nitro groups is 1. The zero-order chi connectivity index (χ0) is 18.8. The molecule has 0 saturated heterocycles. The molecule has 1 aromatic heterocycles. The Morgan fingerprint density at radius 3 is 2.85 bits per heavy atom. The average molecular weight is 394 g/mol. The van der Waals surface area contributed by atoms with Crippen LogP contribution in [0.25, 0.3) is 11.4 Å². The molecule has 0 saturated carbocycles. The van der Waals surface area contributed by atoms with Gasteiger partial charge in [-0.25, -0.2) is 9.49 Å². The van der Waals surface area contributed by atoms with Gasteiger partial charge in [0.15, 0.2) is 5.82 Å². The van der Waals surface area contributed by atoms with Crippen molar-refractivity contribution in [1.82, 2.24) is 14.9 Å². The summed E-state index contributed by atoms with van der Waals surface area (Å²) in [6.45, 7) is 0. The van der Waals surface area contributed by atoms with Crippen LogP contribution in [0, 0.1) is 20.7 Å². The fourth-order valence-electron chi connectivity index (χ4n) is 2.18. The smallest absolute Gasteiger partial charge is 0.312 e. The lowest BCUT2D eigenvalue weighted by atomic mass is 10.2. The number of nitrogens with zero attached hydrogens (tertiary/aromatic N) is 4. The van der Waals surface area contributed by atoms with Gasteiger partial charge < -0.3 is 5.11 Å². The van der Waals surface area contributed by atoms with E-state index < -0.39 is 22.2 Å². The second kappa shape index (κ2) is 7.02. The number of rotatable bonds is 4. The van der Waals surface area contributed by atoms with Gasteiger partial charge in [-0.15, -0.1) is 0 Å². The number of hydrogen-bond donors (Lipinski definition) is 2. The molecule has 0 aliphatic heterocycles. The topological polar surface area (TPSA) is 109 Å². The number of aromatic nitrogens is 3. The van der Waals surface area contributed by atoms with Crippen LogP contribution in [0.5, 0.6) is 5.75 Å². The summed E-state index contributed by atoms with van der Waals surface area (Å²) in [4.78, 5) is 10.2. The summed E-state index contributed by atoms with van der Waals surface area (Å²) in [5, 5.41) is 31.5. The predicted octanol–water partition coefficient (Wildman–Crippen LogP) is 3.90. The Balaban J connectivity index is 2.09. The quantitative estimate of drug-likeness (QED) is 0.302. The largest absolute Gasteiger partial charge is 0.502 e. The van der Waals surface area contributed by atoms with E-state index in [1.165, 1.54) is 24.3 Å². The third kappa shape index (κ3) is 3.32. The second-order valence-electron chi connectivity index (χ2n) is 5.01. The highest BCUT2D eigenvalue weighted by Crippen LogP contribution is 2.32. The van der Waals surface area contributed by atoms with Crippen molar-refractivity contribution in [2.24, 2.45) is 5.10 Å². The summed E-state index contributed by atoms with van der Waals surface area (Å²) in [5.74, 6) is -1.04. The van der Waals surface area contributed by atoms with E-state index in [9.17, 15) is 19.6 Å². The Bertz CT molecular complexity index is 1100. The molecular weight excluding hydrogens is 385 g/mol. The molecule has 0 amide bonds. The first kappa shape index (κ1) is 17.7. The molecule has 26 heavy (non-hydrogen) atoms. The molecule has 8 nitrogen and oxygen atoms in total. The maximum atomic E-state index is 14.0. The van der Waals surface area contributed by atoms with Gasteiger partial charge in [0.2, 0.25) is 10.5 Å². The monoisotopic (exact) mass is 393 g/mol. The van der Waals surface area contributed by atoms with Crippen LogP contribution in [0.15, 0.2) is 41.5 Å². The molecule has 0 aliphatic rings. The number of hydrogen-bond acceptors (Lipinski definition) is 6. The molecular formula is C15H9ClFN5O3S. The van der Waals surface area contributed by atoms with Gasteiger partial charge >= 0.3 is 5.69 Å². The fraction of sp³-hybridized carbons (Fsp3) is 0. The Kier molecular flexibility index (Phi) is 4.78. The number of H-pyrrole nitrogens is 1. The van der Waals surface area contributed by atoms with Crippen molar-refractivity contribution < 1.29 is 14.4 Å². The average Bonchev–Trinajstić information content (AvgIpc) is 2.96. The van der Waals surface area contributed by atoms with Crippen molar-refractivity contribution in [1.29, 1.82) is 0 Å². The molecule has 0 aliphatic carbocycles. The summed E-state index contributed by atoms with van der Waals surface area (Å²) < 4.78 is 15.2. The lowest BCUT2D eigenvalue weighted by Gasteiger charge is -2.03. The van der Waals surface area contributed by atoms with Crippen molar-refractivity contribution in [3.63, 3.8) is 0 Å². The van der Waals surface area contributed by atoms with E-state index in [0.717, 1.165) is 17.0 Å². The minimum absolute atomic E-state index is 0.00761. The molecule has 1 heterocycles. The van der Waals surface area contributed by atoms with Gasteiger partial charge in [0, 0.05) is 16.7 Å². The van der Waals surface area contributed by atoms with E-state index in [4.69, 9.17) is 23.8 Å². The summed E-state index contributed by atoms with van der Waals surface area (Å²) in [7, 11) is 0. The van der Waals surface area contributed by atoms with Crippen LogP contribution in [0.2, 0.25) is 5.02 Å². The minimum Gasteiger partial charge on any atom is -0.502 e. The van der Waals surface area contributed by atoms with Gasteiger partial charge in [-0.05, 0) is 30.4 Å². The van der Waals surface area contributed by atoms with Gasteiger partial charge in [-0.2, -0.15) is 14.9 Å². The maximum Gasteiger partial charge on any atom is 0.312 e. The zero-order valence-corrected chi connectivity index (χ0v) is 14.3. The van der Waals surface area contributed by atoms with Crippen LogP contribution in [0.1, 0.15) is 5.56 Å². The van der Waals surface area contributed by atoms with Crippen LogP contribution >= 0.6 is 23.8 Å². The molecule has 2 aromatic carbocycles. The van der Waals surface area contributed by atoms with Gasteiger partial charge in [0.25, 0.3) is 0 Å². The second-order valence-corrected chi connectivity index (χ2v) is 5.83. The first-order chi connectivity index (χ1) is 12.4. The summed E-state index contributed by atoms with van der Waals surface area (Å²) in [5.41, 5.74) is -0.422. The molecule has 0 bridgehead atoms. The van der Waals surface area contributed by atoms with E-state index in [-0.39, 0.29) is 26.7 Å². The normalized spacial score (nSPS) is 11.2. The van der Waals surface area contributed by atoms with Crippen LogP contribution in [-0.4, -0.2) is 31.1 Å². The maximum absolute atomic E-state index is 14.0. The summed E-state index contributed by atoms with van der Waals surface area (Å²) in [6, 6.07) is 8.21. The predicted molar refractivity (Wildman–Crippen MR) is 95.6 cm³/mol. The Labute approximate surface area is 155 Å².